The monoisotopic (exact) mass is 243 g/mol. The van der Waals surface area contributed by atoms with Crippen LogP contribution in [0.3, 0.4) is 0 Å². The fourth-order valence-corrected chi connectivity index (χ4v) is 2.44. The van der Waals surface area contributed by atoms with Gasteiger partial charge in [-0.25, -0.2) is 0 Å². The van der Waals surface area contributed by atoms with E-state index in [0.717, 1.165) is 51.6 Å². The number of esters is 1. The second-order valence-electron chi connectivity index (χ2n) is 4.71. The number of nitrogens with zero attached hydrogens (tertiary/aromatic N) is 1. The van der Waals surface area contributed by atoms with Crippen molar-refractivity contribution in [1.82, 2.24) is 4.90 Å². The molecule has 4 heteroatoms. The number of aliphatic hydroxyl groups excluding tert-OH is 1. The quantitative estimate of drug-likeness (QED) is 0.544. The molecule has 1 unspecified atom stereocenters. The van der Waals surface area contributed by atoms with Gasteiger partial charge in [0.1, 0.15) is 6.04 Å². The number of unbranched alkanes of at least 4 members (excludes halogenated alkanes) is 3. The van der Waals surface area contributed by atoms with Crippen molar-refractivity contribution in [3.63, 3.8) is 0 Å². The zero-order chi connectivity index (χ0) is 12.5. The molecule has 0 amide bonds. The Balaban J connectivity index is 2.25. The second kappa shape index (κ2) is 8.48. The highest BCUT2D eigenvalue weighted by Crippen LogP contribution is 2.18. The van der Waals surface area contributed by atoms with Gasteiger partial charge in [0.05, 0.1) is 7.11 Å². The van der Waals surface area contributed by atoms with Crippen LogP contribution in [0.15, 0.2) is 0 Å². The molecule has 1 saturated heterocycles. The summed E-state index contributed by atoms with van der Waals surface area (Å²) in [7, 11) is 1.47. The van der Waals surface area contributed by atoms with Gasteiger partial charge >= 0.3 is 5.97 Å². The molecule has 1 fully saturated rings. The maximum atomic E-state index is 11.6. The molecular formula is C13H25NO3. The maximum absolute atomic E-state index is 11.6. The maximum Gasteiger partial charge on any atom is 0.323 e. The Hall–Kier alpha value is -0.610. The topological polar surface area (TPSA) is 49.8 Å². The molecule has 1 N–H and O–H groups in total. The first-order valence-electron chi connectivity index (χ1n) is 6.72. The van der Waals surface area contributed by atoms with Crippen LogP contribution in [0, 0.1) is 0 Å². The number of carbonyl (C=O) groups is 1. The van der Waals surface area contributed by atoms with E-state index in [1.54, 1.807) is 0 Å². The molecule has 1 atom stereocenters. The lowest BCUT2D eigenvalue weighted by Gasteiger charge is -2.33. The third kappa shape index (κ3) is 5.04. The molecule has 1 aliphatic heterocycles. The summed E-state index contributed by atoms with van der Waals surface area (Å²) in [5, 5.41) is 8.69. The highest BCUT2D eigenvalue weighted by molar-refractivity contribution is 5.75. The molecule has 17 heavy (non-hydrogen) atoms. The summed E-state index contributed by atoms with van der Waals surface area (Å²) in [5.74, 6) is -0.0833. The highest BCUT2D eigenvalue weighted by atomic mass is 16.5. The standard InChI is InChI=1S/C13H25NO3/c1-17-13(16)12-8-4-6-10-14(12)9-5-2-3-7-11-15/h12,15H,2-11H2,1H3. The summed E-state index contributed by atoms with van der Waals surface area (Å²) in [6.45, 7) is 2.28. The molecule has 0 bridgehead atoms. The molecule has 0 radical (unpaired) electrons. The van der Waals surface area contributed by atoms with Gasteiger partial charge in [-0.2, -0.15) is 0 Å². The van der Waals surface area contributed by atoms with Crippen molar-refractivity contribution < 1.29 is 14.6 Å². The first kappa shape index (κ1) is 14.5. The van der Waals surface area contributed by atoms with Gasteiger partial charge < -0.3 is 9.84 Å². The van der Waals surface area contributed by atoms with E-state index in [0.29, 0.717) is 0 Å². The first-order valence-corrected chi connectivity index (χ1v) is 6.72. The van der Waals surface area contributed by atoms with E-state index in [9.17, 15) is 4.79 Å². The average Bonchev–Trinajstić information content (AvgIpc) is 2.38. The van der Waals surface area contributed by atoms with Gasteiger partial charge in [-0.15, -0.1) is 0 Å². The summed E-state index contributed by atoms with van der Waals surface area (Å²) in [5.41, 5.74) is 0. The van der Waals surface area contributed by atoms with Crippen molar-refractivity contribution in [2.75, 3.05) is 26.8 Å². The Morgan fingerprint density at radius 2 is 2.06 bits per heavy atom. The minimum absolute atomic E-state index is 0.0217. The van der Waals surface area contributed by atoms with Gasteiger partial charge in [0.25, 0.3) is 0 Å². The highest BCUT2D eigenvalue weighted by Gasteiger charge is 2.28. The third-order valence-electron chi connectivity index (χ3n) is 3.44. The molecule has 0 spiro atoms. The van der Waals surface area contributed by atoms with Crippen molar-refractivity contribution in [3.8, 4) is 0 Å². The van der Waals surface area contributed by atoms with Crippen LogP contribution in [0.4, 0.5) is 0 Å². The number of piperidine rings is 1. The number of carbonyl (C=O) groups excluding carboxylic acids is 1. The number of hydrogen-bond donors (Lipinski definition) is 1. The van der Waals surface area contributed by atoms with Crippen LogP contribution in [0.2, 0.25) is 0 Å². The molecule has 0 aromatic carbocycles. The van der Waals surface area contributed by atoms with E-state index in [4.69, 9.17) is 9.84 Å². The van der Waals surface area contributed by atoms with Gasteiger partial charge in [0.2, 0.25) is 0 Å². The molecule has 1 heterocycles. The number of aliphatic hydroxyl groups is 1. The normalized spacial score (nSPS) is 21.4. The molecule has 4 nitrogen and oxygen atoms in total. The molecule has 1 aliphatic rings. The van der Waals surface area contributed by atoms with Gasteiger partial charge in [-0.05, 0) is 38.8 Å². The van der Waals surface area contributed by atoms with Crippen LogP contribution in [0.1, 0.15) is 44.9 Å². The predicted octanol–water partition coefficient (Wildman–Crippen LogP) is 1.57. The molecule has 0 aromatic heterocycles. The Morgan fingerprint density at radius 3 is 2.76 bits per heavy atom. The van der Waals surface area contributed by atoms with E-state index in [2.05, 4.69) is 4.90 Å². The predicted molar refractivity (Wildman–Crippen MR) is 66.8 cm³/mol. The van der Waals surface area contributed by atoms with Gasteiger partial charge in [0, 0.05) is 6.61 Å². The van der Waals surface area contributed by atoms with Gasteiger partial charge in [0.15, 0.2) is 0 Å². The summed E-state index contributed by atoms with van der Waals surface area (Å²) in [6, 6.07) is -0.0217. The van der Waals surface area contributed by atoms with E-state index in [1.165, 1.54) is 13.5 Å². The Kier molecular flexibility index (Phi) is 7.21. The number of hydrogen-bond acceptors (Lipinski definition) is 4. The van der Waals surface area contributed by atoms with Crippen LogP contribution < -0.4 is 0 Å². The summed E-state index contributed by atoms with van der Waals surface area (Å²) in [4.78, 5) is 13.9. The van der Waals surface area contributed by atoms with Crippen molar-refractivity contribution in [2.24, 2.45) is 0 Å². The van der Waals surface area contributed by atoms with Crippen LogP contribution in [-0.2, 0) is 9.53 Å². The van der Waals surface area contributed by atoms with Crippen molar-refractivity contribution in [1.29, 1.82) is 0 Å². The van der Waals surface area contributed by atoms with Gasteiger partial charge in [-0.3, -0.25) is 9.69 Å². The van der Waals surface area contributed by atoms with Crippen LogP contribution in [-0.4, -0.2) is 48.8 Å². The molecule has 0 aromatic rings. The summed E-state index contributed by atoms with van der Waals surface area (Å²) < 4.78 is 4.85. The fraction of sp³-hybridized carbons (Fsp3) is 0.923. The summed E-state index contributed by atoms with van der Waals surface area (Å²) >= 11 is 0. The van der Waals surface area contributed by atoms with Crippen molar-refractivity contribution in [3.05, 3.63) is 0 Å². The number of ether oxygens (including phenoxy) is 1. The molecule has 1 rings (SSSR count). The first-order chi connectivity index (χ1) is 8.29. The van der Waals surface area contributed by atoms with E-state index < -0.39 is 0 Å². The van der Waals surface area contributed by atoms with Crippen molar-refractivity contribution >= 4 is 5.97 Å². The lowest BCUT2D eigenvalue weighted by atomic mass is 10.0. The summed E-state index contributed by atoms with van der Waals surface area (Å²) in [6.07, 6.45) is 7.44. The van der Waals surface area contributed by atoms with E-state index in [-0.39, 0.29) is 18.6 Å². The van der Waals surface area contributed by atoms with Gasteiger partial charge in [-0.1, -0.05) is 19.3 Å². The zero-order valence-corrected chi connectivity index (χ0v) is 10.9. The Labute approximate surface area is 104 Å². The van der Waals surface area contributed by atoms with Crippen LogP contribution in [0.25, 0.3) is 0 Å². The number of likely N-dealkylation sites (tertiary alicyclic amines) is 1. The number of rotatable bonds is 7. The SMILES string of the molecule is COC(=O)C1CCCCN1CCCCCCO. The Morgan fingerprint density at radius 1 is 1.29 bits per heavy atom. The minimum Gasteiger partial charge on any atom is -0.468 e. The average molecular weight is 243 g/mol. The third-order valence-corrected chi connectivity index (χ3v) is 3.44. The van der Waals surface area contributed by atoms with E-state index in [1.807, 2.05) is 0 Å². The lowest BCUT2D eigenvalue weighted by molar-refractivity contribution is -0.148. The molecular weight excluding hydrogens is 218 g/mol. The zero-order valence-electron chi connectivity index (χ0n) is 10.9. The number of methoxy groups -OCH3 is 1. The largest absolute Gasteiger partial charge is 0.468 e. The smallest absolute Gasteiger partial charge is 0.323 e. The minimum atomic E-state index is -0.0833. The van der Waals surface area contributed by atoms with Crippen LogP contribution >= 0.6 is 0 Å². The van der Waals surface area contributed by atoms with E-state index >= 15 is 0 Å². The second-order valence-corrected chi connectivity index (χ2v) is 4.71. The molecule has 0 aliphatic carbocycles. The Bertz CT molecular complexity index is 221. The van der Waals surface area contributed by atoms with Crippen molar-refractivity contribution in [2.45, 2.75) is 51.0 Å². The lowest BCUT2D eigenvalue weighted by Crippen LogP contribution is -2.45. The fourth-order valence-electron chi connectivity index (χ4n) is 2.44. The van der Waals surface area contributed by atoms with Crippen LogP contribution in [0.5, 0.6) is 0 Å². The molecule has 0 saturated carbocycles. The molecule has 100 valence electrons.